The van der Waals surface area contributed by atoms with E-state index in [1.54, 1.807) is 11.3 Å². The molecule has 3 atom stereocenters. The van der Waals surface area contributed by atoms with Crippen molar-refractivity contribution in [3.8, 4) is 10.6 Å². The minimum atomic E-state index is -0.636. The van der Waals surface area contributed by atoms with E-state index in [1.807, 2.05) is 24.3 Å². The number of thiazole rings is 1. The Morgan fingerprint density at radius 3 is 2.33 bits per heavy atom. The lowest BCUT2D eigenvalue weighted by atomic mass is 9.77. The average Bonchev–Trinajstić information content (AvgIpc) is 3.20. The number of aryl methyl sites for hydroxylation is 1. The number of halogens is 1. The number of carbonyl (C=O) groups excluding carboxylic acids is 2. The van der Waals surface area contributed by atoms with E-state index in [2.05, 4.69) is 6.92 Å². The Balaban J connectivity index is 1.76. The normalized spacial score (nSPS) is 26.2. The van der Waals surface area contributed by atoms with Gasteiger partial charge in [-0.05, 0) is 37.8 Å². The lowest BCUT2D eigenvalue weighted by Crippen LogP contribution is -2.35. The highest BCUT2D eigenvalue weighted by Gasteiger charge is 2.48. The number of nitrogens with zero attached hydrogens (tertiary/aromatic N) is 1. The Labute approximate surface area is 150 Å². The van der Waals surface area contributed by atoms with Gasteiger partial charge in [-0.3, -0.25) is 9.59 Å². The third kappa shape index (κ3) is 2.52. The number of aromatic nitrogens is 1. The van der Waals surface area contributed by atoms with Crippen LogP contribution in [0.2, 0.25) is 5.02 Å². The van der Waals surface area contributed by atoms with E-state index in [1.165, 1.54) is 0 Å². The Morgan fingerprint density at radius 2 is 1.75 bits per heavy atom. The summed E-state index contributed by atoms with van der Waals surface area (Å²) >= 11 is 7.54. The molecule has 1 aromatic heterocycles. The van der Waals surface area contributed by atoms with Crippen molar-refractivity contribution in [1.82, 2.24) is 4.98 Å². The zero-order valence-electron chi connectivity index (χ0n) is 13.4. The van der Waals surface area contributed by atoms with Gasteiger partial charge in [0.1, 0.15) is 10.9 Å². The van der Waals surface area contributed by atoms with Gasteiger partial charge in [0.25, 0.3) is 0 Å². The van der Waals surface area contributed by atoms with Crippen molar-refractivity contribution in [2.45, 2.75) is 38.5 Å². The summed E-state index contributed by atoms with van der Waals surface area (Å²) in [5.74, 6) is -0.331. The SMILES string of the molecule is CCc1sc(-c2ccc(Cl)cc2)nc1C1C(=O)C2CC[C@H](C2)C1=O. The number of benzene rings is 1. The second-order valence-electron chi connectivity index (χ2n) is 6.63. The molecule has 124 valence electrons. The summed E-state index contributed by atoms with van der Waals surface area (Å²) in [6.07, 6.45) is 3.26. The first kappa shape index (κ1) is 16.0. The van der Waals surface area contributed by atoms with Crippen molar-refractivity contribution in [3.63, 3.8) is 0 Å². The summed E-state index contributed by atoms with van der Waals surface area (Å²) < 4.78 is 0. The molecular weight excluding hydrogens is 342 g/mol. The zero-order chi connectivity index (χ0) is 16.8. The Hall–Kier alpha value is -1.52. The molecule has 0 amide bonds. The number of hydrogen-bond acceptors (Lipinski definition) is 4. The minimum absolute atomic E-state index is 0.0584. The molecule has 0 saturated heterocycles. The fourth-order valence-electron chi connectivity index (χ4n) is 3.94. The molecule has 1 heterocycles. The maximum absolute atomic E-state index is 12.8. The number of rotatable bonds is 3. The highest BCUT2D eigenvalue weighted by atomic mass is 35.5. The van der Waals surface area contributed by atoms with E-state index in [-0.39, 0.29) is 23.4 Å². The Kier molecular flexibility index (Phi) is 4.05. The summed E-state index contributed by atoms with van der Waals surface area (Å²) in [5, 5.41) is 1.54. The van der Waals surface area contributed by atoms with Crippen LogP contribution >= 0.6 is 22.9 Å². The zero-order valence-corrected chi connectivity index (χ0v) is 15.0. The van der Waals surface area contributed by atoms with Crippen molar-refractivity contribution in [2.75, 3.05) is 0 Å². The Morgan fingerprint density at radius 1 is 1.12 bits per heavy atom. The molecule has 2 saturated carbocycles. The summed E-state index contributed by atoms with van der Waals surface area (Å²) in [7, 11) is 0. The van der Waals surface area contributed by atoms with Crippen LogP contribution < -0.4 is 0 Å². The molecule has 2 fully saturated rings. The second-order valence-corrected chi connectivity index (χ2v) is 8.15. The lowest BCUT2D eigenvalue weighted by molar-refractivity contribution is -0.136. The van der Waals surface area contributed by atoms with Gasteiger partial charge in [-0.15, -0.1) is 11.3 Å². The molecule has 0 radical (unpaired) electrons. The van der Waals surface area contributed by atoms with Crippen LogP contribution in [0.15, 0.2) is 24.3 Å². The van der Waals surface area contributed by atoms with E-state index >= 15 is 0 Å². The first-order valence-corrected chi connectivity index (χ1v) is 9.61. The predicted molar refractivity (Wildman–Crippen MR) is 95.5 cm³/mol. The number of hydrogen-bond donors (Lipinski definition) is 0. The van der Waals surface area contributed by atoms with Crippen LogP contribution in [0.5, 0.6) is 0 Å². The molecule has 0 aliphatic heterocycles. The maximum Gasteiger partial charge on any atom is 0.152 e. The molecule has 2 aliphatic rings. The average molecular weight is 360 g/mol. The van der Waals surface area contributed by atoms with Gasteiger partial charge in [0.2, 0.25) is 0 Å². The lowest BCUT2D eigenvalue weighted by Gasteiger charge is -2.24. The summed E-state index contributed by atoms with van der Waals surface area (Å²) in [6, 6.07) is 7.53. The van der Waals surface area contributed by atoms with Gasteiger partial charge in [0.15, 0.2) is 11.6 Å². The summed E-state index contributed by atoms with van der Waals surface area (Å²) in [4.78, 5) is 31.3. The number of ketones is 2. The molecule has 2 aromatic rings. The van der Waals surface area contributed by atoms with Crippen LogP contribution in [0, 0.1) is 11.8 Å². The maximum atomic E-state index is 12.8. The quantitative estimate of drug-likeness (QED) is 0.747. The van der Waals surface area contributed by atoms with Gasteiger partial charge >= 0.3 is 0 Å². The Bertz CT molecular complexity index is 789. The molecule has 0 spiro atoms. The molecule has 4 rings (SSSR count). The molecule has 2 unspecified atom stereocenters. The molecule has 0 N–H and O–H groups in total. The van der Waals surface area contributed by atoms with Gasteiger partial charge in [0.05, 0.1) is 5.69 Å². The van der Waals surface area contributed by atoms with Crippen LogP contribution in [0.3, 0.4) is 0 Å². The molecular formula is C19H18ClNO2S. The van der Waals surface area contributed by atoms with Crippen LogP contribution in [0.4, 0.5) is 0 Å². The van der Waals surface area contributed by atoms with Crippen LogP contribution in [0.25, 0.3) is 10.6 Å². The second kappa shape index (κ2) is 6.08. The minimum Gasteiger partial charge on any atom is -0.298 e. The fraction of sp³-hybridized carbons (Fsp3) is 0.421. The third-order valence-corrected chi connectivity index (χ3v) is 6.74. The van der Waals surface area contributed by atoms with Gasteiger partial charge < -0.3 is 0 Å². The van der Waals surface area contributed by atoms with E-state index in [4.69, 9.17) is 16.6 Å². The standard InChI is InChI=1S/C19H18ClNO2S/c1-2-14-16(15-17(22)11-3-4-12(9-11)18(15)23)21-19(24-14)10-5-7-13(20)8-6-10/h5-8,11-12,15H,2-4,9H2,1H3/t11-,12?,15?/m1/s1. The molecule has 24 heavy (non-hydrogen) atoms. The number of fused-ring (bicyclic) bond motifs is 2. The molecule has 3 nitrogen and oxygen atoms in total. The van der Waals surface area contributed by atoms with E-state index in [9.17, 15) is 9.59 Å². The smallest absolute Gasteiger partial charge is 0.152 e. The van der Waals surface area contributed by atoms with Gasteiger partial charge in [-0.1, -0.05) is 30.7 Å². The largest absolute Gasteiger partial charge is 0.298 e. The van der Waals surface area contributed by atoms with E-state index < -0.39 is 5.92 Å². The number of carbonyl (C=O) groups is 2. The van der Waals surface area contributed by atoms with Crippen molar-refractivity contribution in [3.05, 3.63) is 39.9 Å². The van der Waals surface area contributed by atoms with E-state index in [0.29, 0.717) is 10.7 Å². The monoisotopic (exact) mass is 359 g/mol. The topological polar surface area (TPSA) is 47.0 Å². The van der Waals surface area contributed by atoms with Gasteiger partial charge in [-0.2, -0.15) is 0 Å². The van der Waals surface area contributed by atoms with E-state index in [0.717, 1.165) is 41.1 Å². The van der Waals surface area contributed by atoms with Crippen molar-refractivity contribution in [1.29, 1.82) is 0 Å². The molecule has 5 heteroatoms. The first-order valence-electron chi connectivity index (χ1n) is 8.41. The summed E-state index contributed by atoms with van der Waals surface area (Å²) in [5.41, 5.74) is 1.68. The third-order valence-electron chi connectivity index (χ3n) is 5.22. The summed E-state index contributed by atoms with van der Waals surface area (Å²) in [6.45, 7) is 2.05. The van der Waals surface area contributed by atoms with Crippen molar-refractivity contribution in [2.24, 2.45) is 11.8 Å². The number of Topliss-reactive ketones (excluding diaryl/α,β-unsaturated/α-hetero) is 2. The van der Waals surface area contributed by atoms with Crippen LogP contribution in [-0.2, 0) is 16.0 Å². The molecule has 2 bridgehead atoms. The van der Waals surface area contributed by atoms with Crippen molar-refractivity contribution < 1.29 is 9.59 Å². The first-order chi connectivity index (χ1) is 11.6. The predicted octanol–water partition coefficient (Wildman–Crippen LogP) is 4.68. The van der Waals surface area contributed by atoms with Gasteiger partial charge in [-0.25, -0.2) is 4.98 Å². The molecule has 1 aromatic carbocycles. The highest BCUT2D eigenvalue weighted by molar-refractivity contribution is 7.15. The van der Waals surface area contributed by atoms with Gasteiger partial charge in [0, 0.05) is 27.3 Å². The van der Waals surface area contributed by atoms with Crippen LogP contribution in [0.1, 0.15) is 42.7 Å². The van der Waals surface area contributed by atoms with Crippen LogP contribution in [-0.4, -0.2) is 16.6 Å². The fourth-order valence-corrected chi connectivity index (χ4v) is 5.11. The van der Waals surface area contributed by atoms with Crippen molar-refractivity contribution >= 4 is 34.5 Å². The highest BCUT2D eigenvalue weighted by Crippen LogP contribution is 2.45. The molecule has 2 aliphatic carbocycles.